The monoisotopic (exact) mass is 410 g/mol. The van der Waals surface area contributed by atoms with E-state index in [1.54, 1.807) is 6.07 Å². The van der Waals surface area contributed by atoms with Crippen LogP contribution < -0.4 is 0 Å². The Bertz CT molecular complexity index is 676. The van der Waals surface area contributed by atoms with Gasteiger partial charge in [-0.25, -0.2) is 0 Å². The lowest BCUT2D eigenvalue weighted by molar-refractivity contribution is -0.252. The predicted octanol–water partition coefficient (Wildman–Crippen LogP) is 4.26. The molecule has 0 fully saturated rings. The maximum atomic E-state index is 11.7. The molecule has 0 bridgehead atoms. The van der Waals surface area contributed by atoms with Gasteiger partial charge in [-0.3, -0.25) is 9.59 Å². The number of phenols is 1. The van der Waals surface area contributed by atoms with E-state index in [0.29, 0.717) is 5.56 Å². The van der Waals surface area contributed by atoms with Crippen LogP contribution in [0.15, 0.2) is 18.2 Å². The van der Waals surface area contributed by atoms with Crippen LogP contribution in [0.2, 0.25) is 0 Å². The van der Waals surface area contributed by atoms with Crippen LogP contribution in [0.5, 0.6) is 5.75 Å². The maximum absolute atomic E-state index is 11.7. The summed E-state index contributed by atoms with van der Waals surface area (Å²) in [5.74, 6) is -7.65. The Morgan fingerprint density at radius 2 is 1.48 bits per heavy atom. The molecule has 0 saturated heterocycles. The Kier molecular flexibility index (Phi) is 9.11. The fraction of sp³-hybridized carbons (Fsp3) is 0.636. The molecule has 164 valence electrons. The minimum Gasteiger partial charge on any atom is -0.507 e. The third-order valence-corrected chi connectivity index (χ3v) is 6.08. The Morgan fingerprint density at radius 3 is 1.90 bits per heavy atom. The highest BCUT2D eigenvalue weighted by Crippen LogP contribution is 2.47. The van der Waals surface area contributed by atoms with Gasteiger partial charge in [0.2, 0.25) is 11.7 Å². The van der Waals surface area contributed by atoms with Gasteiger partial charge in [-0.15, -0.1) is 0 Å². The minimum absolute atomic E-state index is 0.00318. The standard InChI is InChI=1S/C22H34O7/c1-6-9-10-14-21(7-2,8-3)15-12-11-13-16(18(15)23)22(28-4,29-5)17(19(24)25)20(26)27/h11-13,17,23H,6-10,14H2,1-5H3,(H,24,25)(H,26,27). The van der Waals surface area contributed by atoms with Crippen LogP contribution >= 0.6 is 0 Å². The molecule has 7 heteroatoms. The van der Waals surface area contributed by atoms with Crippen LogP contribution in [0, 0.1) is 5.92 Å². The van der Waals surface area contributed by atoms with Gasteiger partial charge in [0.1, 0.15) is 5.75 Å². The lowest BCUT2D eigenvalue weighted by Gasteiger charge is -2.38. The summed E-state index contributed by atoms with van der Waals surface area (Å²) in [6.45, 7) is 6.23. The smallest absolute Gasteiger partial charge is 0.323 e. The topological polar surface area (TPSA) is 113 Å². The molecule has 0 aliphatic carbocycles. The van der Waals surface area contributed by atoms with Crippen molar-refractivity contribution in [2.24, 2.45) is 5.92 Å². The number of rotatable bonds is 13. The summed E-state index contributed by atoms with van der Waals surface area (Å²) in [6, 6.07) is 4.94. The van der Waals surface area contributed by atoms with Crippen LogP contribution in [0.25, 0.3) is 0 Å². The normalized spacial score (nSPS) is 12.3. The van der Waals surface area contributed by atoms with Crippen molar-refractivity contribution in [2.75, 3.05) is 14.2 Å². The van der Waals surface area contributed by atoms with Gasteiger partial charge in [-0.05, 0) is 30.7 Å². The second kappa shape index (κ2) is 10.6. The molecule has 0 amide bonds. The first-order chi connectivity index (χ1) is 13.7. The number of carbonyl (C=O) groups is 2. The molecule has 1 aromatic rings. The van der Waals surface area contributed by atoms with E-state index >= 15 is 0 Å². The van der Waals surface area contributed by atoms with E-state index in [2.05, 4.69) is 20.8 Å². The average molecular weight is 411 g/mol. The Balaban J connectivity index is 3.69. The summed E-state index contributed by atoms with van der Waals surface area (Å²) in [5, 5.41) is 30.3. The summed E-state index contributed by atoms with van der Waals surface area (Å²) in [4.78, 5) is 23.5. The zero-order chi connectivity index (χ0) is 22.2. The summed E-state index contributed by atoms with van der Waals surface area (Å²) in [6.07, 6.45) is 5.55. The number of para-hydroxylation sites is 1. The first kappa shape index (κ1) is 24.9. The molecule has 7 nitrogen and oxygen atoms in total. The molecule has 3 N–H and O–H groups in total. The van der Waals surface area contributed by atoms with Gasteiger partial charge < -0.3 is 24.8 Å². The molecule has 1 aromatic carbocycles. The van der Waals surface area contributed by atoms with Gasteiger partial charge in [-0.2, -0.15) is 0 Å². The van der Waals surface area contributed by atoms with E-state index in [4.69, 9.17) is 9.47 Å². The number of carboxylic acid groups (broad SMARTS) is 2. The fourth-order valence-electron chi connectivity index (χ4n) is 4.21. The first-order valence-corrected chi connectivity index (χ1v) is 10.1. The Morgan fingerprint density at radius 1 is 0.966 bits per heavy atom. The van der Waals surface area contributed by atoms with E-state index < -0.39 is 23.6 Å². The number of unbranched alkanes of at least 4 members (excludes halogenated alkanes) is 2. The van der Waals surface area contributed by atoms with Gasteiger partial charge in [0.05, 0.1) is 5.56 Å². The molecule has 0 atom stereocenters. The molecule has 1 rings (SSSR count). The number of hydrogen-bond acceptors (Lipinski definition) is 5. The molecule has 0 aliphatic rings. The quantitative estimate of drug-likeness (QED) is 0.253. The van der Waals surface area contributed by atoms with E-state index in [9.17, 15) is 24.9 Å². The van der Waals surface area contributed by atoms with Gasteiger partial charge in [0.15, 0.2) is 0 Å². The van der Waals surface area contributed by atoms with E-state index in [-0.39, 0.29) is 16.7 Å². The van der Waals surface area contributed by atoms with Crippen molar-refractivity contribution < 1.29 is 34.4 Å². The number of benzene rings is 1. The largest absolute Gasteiger partial charge is 0.507 e. The van der Waals surface area contributed by atoms with Crippen molar-refractivity contribution in [3.05, 3.63) is 29.3 Å². The number of aliphatic carboxylic acids is 2. The SMILES string of the molecule is CCCCCC(CC)(CC)c1cccc(C(OC)(OC)C(C(=O)O)C(=O)O)c1O. The van der Waals surface area contributed by atoms with E-state index in [1.165, 1.54) is 20.3 Å². The Hall–Kier alpha value is -2.12. The number of ether oxygens (including phenoxy) is 2. The van der Waals surface area contributed by atoms with Crippen molar-refractivity contribution in [3.8, 4) is 5.75 Å². The van der Waals surface area contributed by atoms with E-state index in [0.717, 1.165) is 38.5 Å². The van der Waals surface area contributed by atoms with Crippen molar-refractivity contribution in [3.63, 3.8) is 0 Å². The first-order valence-electron chi connectivity index (χ1n) is 10.1. The average Bonchev–Trinajstić information content (AvgIpc) is 2.70. The molecular weight excluding hydrogens is 376 g/mol. The molecule has 0 aromatic heterocycles. The van der Waals surface area contributed by atoms with E-state index in [1.807, 2.05) is 6.07 Å². The van der Waals surface area contributed by atoms with Crippen LogP contribution in [0.4, 0.5) is 0 Å². The van der Waals surface area contributed by atoms with Crippen LogP contribution in [0.1, 0.15) is 70.4 Å². The van der Waals surface area contributed by atoms with Crippen molar-refractivity contribution >= 4 is 11.9 Å². The van der Waals surface area contributed by atoms with Crippen molar-refractivity contribution in [2.45, 2.75) is 70.5 Å². The van der Waals surface area contributed by atoms with Crippen molar-refractivity contribution in [1.82, 2.24) is 0 Å². The zero-order valence-corrected chi connectivity index (χ0v) is 18.0. The van der Waals surface area contributed by atoms with Crippen LogP contribution in [-0.4, -0.2) is 41.5 Å². The number of carboxylic acids is 2. The highest BCUT2D eigenvalue weighted by atomic mass is 16.7. The molecular formula is C22H34O7. The van der Waals surface area contributed by atoms with Gasteiger partial charge in [0.25, 0.3) is 0 Å². The maximum Gasteiger partial charge on any atom is 0.323 e. The van der Waals surface area contributed by atoms with Crippen molar-refractivity contribution in [1.29, 1.82) is 0 Å². The lowest BCUT2D eigenvalue weighted by Crippen LogP contribution is -2.47. The van der Waals surface area contributed by atoms with Gasteiger partial charge in [-0.1, -0.05) is 52.2 Å². The second-order valence-electron chi connectivity index (χ2n) is 7.33. The van der Waals surface area contributed by atoms with Gasteiger partial charge >= 0.3 is 11.9 Å². The second-order valence-corrected chi connectivity index (χ2v) is 7.33. The summed E-state index contributed by atoms with van der Waals surface area (Å²) in [7, 11) is 2.34. The molecule has 0 unspecified atom stereocenters. The summed E-state index contributed by atoms with van der Waals surface area (Å²) < 4.78 is 10.7. The molecule has 0 aliphatic heterocycles. The number of hydrogen-bond donors (Lipinski definition) is 3. The molecule has 29 heavy (non-hydrogen) atoms. The molecule has 0 spiro atoms. The van der Waals surface area contributed by atoms with Crippen LogP contribution in [-0.2, 0) is 30.3 Å². The summed E-state index contributed by atoms with van der Waals surface area (Å²) >= 11 is 0. The number of phenolic OH excluding ortho intramolecular Hbond substituents is 1. The highest BCUT2D eigenvalue weighted by Gasteiger charge is 2.53. The molecule has 0 saturated carbocycles. The molecule has 0 radical (unpaired) electrons. The molecule has 0 heterocycles. The highest BCUT2D eigenvalue weighted by molar-refractivity contribution is 5.94. The number of aromatic hydroxyl groups is 1. The fourth-order valence-corrected chi connectivity index (χ4v) is 4.21. The Labute approximate surface area is 172 Å². The third kappa shape index (κ3) is 4.73. The third-order valence-electron chi connectivity index (χ3n) is 6.08. The predicted molar refractivity (Wildman–Crippen MR) is 109 cm³/mol. The lowest BCUT2D eigenvalue weighted by atomic mass is 9.70. The zero-order valence-electron chi connectivity index (χ0n) is 18.0. The van der Waals surface area contributed by atoms with Gasteiger partial charge in [0, 0.05) is 19.8 Å². The minimum atomic E-state index is -2.17. The summed E-state index contributed by atoms with van der Waals surface area (Å²) in [5.41, 5.74) is 0.338. The number of methoxy groups -OCH3 is 2. The van der Waals surface area contributed by atoms with Crippen LogP contribution in [0.3, 0.4) is 0 Å².